The molecule has 1 aromatic carbocycles. The topological polar surface area (TPSA) is 63.1 Å². The fourth-order valence-corrected chi connectivity index (χ4v) is 4.82. The van der Waals surface area contributed by atoms with Crippen LogP contribution in [0.2, 0.25) is 0 Å². The van der Waals surface area contributed by atoms with Gasteiger partial charge >= 0.3 is 0 Å². The fraction of sp³-hybridized carbons (Fsp3) is 0.435. The highest BCUT2D eigenvalue weighted by Crippen LogP contribution is 2.63. The molecule has 0 unspecified atom stereocenters. The molecule has 7 heteroatoms. The van der Waals surface area contributed by atoms with Crippen LogP contribution in [-0.4, -0.2) is 39.4 Å². The zero-order chi connectivity index (χ0) is 21.2. The molecule has 6 rings (SSSR count). The van der Waals surface area contributed by atoms with Crippen LogP contribution in [0.15, 0.2) is 30.5 Å². The van der Waals surface area contributed by atoms with Crippen molar-refractivity contribution in [2.24, 2.45) is 5.92 Å². The minimum absolute atomic E-state index is 0.00403. The molecule has 3 saturated carbocycles. The standard InChI is InChI=1S/C23H26FN5O/c1-13(2)17-6-5-16(8-18(17)24)26-22-25-12-15-7-19(21(30)28(3)4)29(20(15)27-22)23-9-14(10-23)11-23/h5-8,12-14H,9-11H2,1-4H3,(H,25,26,27). The summed E-state index contributed by atoms with van der Waals surface area (Å²) in [5.74, 6) is 1.02. The van der Waals surface area contributed by atoms with Crippen LogP contribution in [0.3, 0.4) is 0 Å². The number of nitrogens with one attached hydrogen (secondary N) is 1. The Morgan fingerprint density at radius 2 is 2.00 bits per heavy atom. The lowest BCUT2D eigenvalue weighted by atomic mass is 9.49. The first kappa shape index (κ1) is 19.0. The second-order valence-corrected chi connectivity index (χ2v) is 9.26. The van der Waals surface area contributed by atoms with Gasteiger partial charge in [-0.15, -0.1) is 0 Å². The third-order valence-electron chi connectivity index (χ3n) is 6.53. The van der Waals surface area contributed by atoms with Crippen molar-refractivity contribution in [1.29, 1.82) is 0 Å². The minimum atomic E-state index is -0.243. The van der Waals surface area contributed by atoms with E-state index in [1.807, 2.05) is 26.0 Å². The Hall–Kier alpha value is -2.96. The predicted octanol–water partition coefficient (Wildman–Crippen LogP) is 4.65. The smallest absolute Gasteiger partial charge is 0.270 e. The van der Waals surface area contributed by atoms with Crippen molar-refractivity contribution < 1.29 is 9.18 Å². The van der Waals surface area contributed by atoms with E-state index < -0.39 is 0 Å². The molecule has 2 aromatic heterocycles. The van der Waals surface area contributed by atoms with Gasteiger partial charge in [0.25, 0.3) is 5.91 Å². The number of benzene rings is 1. The fourth-order valence-electron chi connectivity index (χ4n) is 4.82. The largest absolute Gasteiger partial charge is 0.343 e. The Morgan fingerprint density at radius 3 is 2.57 bits per heavy atom. The molecule has 3 aliphatic rings. The average molecular weight is 407 g/mol. The van der Waals surface area contributed by atoms with Crippen LogP contribution >= 0.6 is 0 Å². The molecule has 0 aliphatic heterocycles. The van der Waals surface area contributed by atoms with E-state index >= 15 is 0 Å². The normalized spacial score (nSPS) is 22.0. The van der Waals surface area contributed by atoms with Crippen molar-refractivity contribution in [2.75, 3.05) is 19.4 Å². The third-order valence-corrected chi connectivity index (χ3v) is 6.53. The van der Waals surface area contributed by atoms with Crippen LogP contribution in [0.5, 0.6) is 0 Å². The molecule has 6 nitrogen and oxygen atoms in total. The van der Waals surface area contributed by atoms with Crippen LogP contribution in [0.1, 0.15) is 55.1 Å². The van der Waals surface area contributed by atoms with Gasteiger partial charge in [0.1, 0.15) is 17.2 Å². The van der Waals surface area contributed by atoms with Gasteiger partial charge in [-0.25, -0.2) is 9.37 Å². The highest BCUT2D eigenvalue weighted by molar-refractivity contribution is 5.98. The van der Waals surface area contributed by atoms with Crippen molar-refractivity contribution in [2.45, 2.75) is 44.6 Å². The van der Waals surface area contributed by atoms with Gasteiger partial charge < -0.3 is 14.8 Å². The highest BCUT2D eigenvalue weighted by atomic mass is 19.1. The van der Waals surface area contributed by atoms with Crippen molar-refractivity contribution in [3.63, 3.8) is 0 Å². The average Bonchev–Trinajstić information content (AvgIpc) is 2.97. The third kappa shape index (κ3) is 2.79. The maximum absolute atomic E-state index is 14.4. The second kappa shape index (κ2) is 6.52. The molecule has 3 aliphatic carbocycles. The van der Waals surface area contributed by atoms with Gasteiger partial charge in [-0.1, -0.05) is 19.9 Å². The zero-order valence-electron chi connectivity index (χ0n) is 17.7. The van der Waals surface area contributed by atoms with E-state index in [0.717, 1.165) is 36.2 Å². The number of rotatable bonds is 5. The molecule has 30 heavy (non-hydrogen) atoms. The highest BCUT2D eigenvalue weighted by Gasteiger charge is 2.59. The molecular formula is C23H26FN5O. The summed E-state index contributed by atoms with van der Waals surface area (Å²) in [4.78, 5) is 23.6. The number of hydrogen-bond donors (Lipinski definition) is 1. The van der Waals surface area contributed by atoms with E-state index in [9.17, 15) is 9.18 Å². The molecule has 1 amide bonds. The van der Waals surface area contributed by atoms with Gasteiger partial charge in [0.15, 0.2) is 0 Å². The number of hydrogen-bond acceptors (Lipinski definition) is 4. The summed E-state index contributed by atoms with van der Waals surface area (Å²) in [6.07, 6.45) is 5.02. The molecule has 0 saturated heterocycles. The van der Waals surface area contributed by atoms with Crippen LogP contribution in [0.25, 0.3) is 11.0 Å². The van der Waals surface area contributed by atoms with Crippen LogP contribution < -0.4 is 5.32 Å². The Labute approximate surface area is 175 Å². The SMILES string of the molecule is CC(C)c1ccc(Nc2ncc3cc(C(=O)N(C)C)n(C45CC(C4)C5)c3n2)cc1F. The summed E-state index contributed by atoms with van der Waals surface area (Å²) in [6, 6.07) is 7.00. The van der Waals surface area contributed by atoms with Crippen molar-refractivity contribution >= 4 is 28.6 Å². The monoisotopic (exact) mass is 407 g/mol. The second-order valence-electron chi connectivity index (χ2n) is 9.26. The van der Waals surface area contributed by atoms with Gasteiger partial charge in [-0.2, -0.15) is 4.98 Å². The number of nitrogens with zero attached hydrogens (tertiary/aromatic N) is 4. The molecule has 0 spiro atoms. The van der Waals surface area contributed by atoms with E-state index in [1.54, 1.807) is 31.3 Å². The van der Waals surface area contributed by atoms with Crippen LogP contribution in [-0.2, 0) is 5.54 Å². The molecule has 0 atom stereocenters. The molecule has 1 N–H and O–H groups in total. The number of amides is 1. The van der Waals surface area contributed by atoms with E-state index in [4.69, 9.17) is 4.98 Å². The van der Waals surface area contributed by atoms with E-state index in [-0.39, 0.29) is 23.2 Å². The molecule has 0 radical (unpaired) electrons. The van der Waals surface area contributed by atoms with E-state index in [0.29, 0.717) is 22.9 Å². The number of anilines is 2. The maximum atomic E-state index is 14.4. The Kier molecular flexibility index (Phi) is 4.14. The van der Waals surface area contributed by atoms with Gasteiger partial charge in [-0.3, -0.25) is 4.79 Å². The quantitative estimate of drug-likeness (QED) is 0.669. The summed E-state index contributed by atoms with van der Waals surface area (Å²) in [7, 11) is 3.53. The Balaban J connectivity index is 1.55. The van der Waals surface area contributed by atoms with Gasteiger partial charge in [-0.05, 0) is 54.9 Å². The van der Waals surface area contributed by atoms with E-state index in [1.165, 1.54) is 6.07 Å². The molecular weight excluding hydrogens is 381 g/mol. The molecule has 2 heterocycles. The lowest BCUT2D eigenvalue weighted by molar-refractivity contribution is -0.0870. The first-order chi connectivity index (χ1) is 14.3. The van der Waals surface area contributed by atoms with Crippen molar-refractivity contribution in [1.82, 2.24) is 19.4 Å². The lowest BCUT2D eigenvalue weighted by Crippen LogP contribution is -2.60. The molecule has 3 aromatic rings. The summed E-state index contributed by atoms with van der Waals surface area (Å²) >= 11 is 0. The first-order valence-corrected chi connectivity index (χ1v) is 10.4. The summed E-state index contributed by atoms with van der Waals surface area (Å²) in [6.45, 7) is 3.93. The summed E-state index contributed by atoms with van der Waals surface area (Å²) < 4.78 is 16.5. The number of aromatic nitrogens is 3. The van der Waals surface area contributed by atoms with Crippen molar-refractivity contribution in [3.8, 4) is 0 Å². The summed E-state index contributed by atoms with van der Waals surface area (Å²) in [5, 5.41) is 3.97. The van der Waals surface area contributed by atoms with Gasteiger partial charge in [0.2, 0.25) is 5.95 Å². The minimum Gasteiger partial charge on any atom is -0.343 e. The number of carbonyl (C=O) groups is 1. The number of fused-ring (bicyclic) bond motifs is 1. The maximum Gasteiger partial charge on any atom is 0.270 e. The van der Waals surface area contributed by atoms with Gasteiger partial charge in [0, 0.05) is 36.9 Å². The summed E-state index contributed by atoms with van der Waals surface area (Å²) in [5.41, 5.74) is 2.71. The van der Waals surface area contributed by atoms with E-state index in [2.05, 4.69) is 14.9 Å². The molecule has 156 valence electrons. The first-order valence-electron chi connectivity index (χ1n) is 10.4. The zero-order valence-corrected chi connectivity index (χ0v) is 17.7. The molecule has 3 fully saturated rings. The lowest BCUT2D eigenvalue weighted by Gasteiger charge is -2.62. The van der Waals surface area contributed by atoms with Crippen molar-refractivity contribution in [3.05, 3.63) is 47.5 Å². The van der Waals surface area contributed by atoms with Crippen LogP contribution in [0, 0.1) is 11.7 Å². The molecule has 2 bridgehead atoms. The predicted molar refractivity (Wildman–Crippen MR) is 115 cm³/mol. The number of carbonyl (C=O) groups excluding carboxylic acids is 1. The van der Waals surface area contributed by atoms with Crippen LogP contribution in [0.4, 0.5) is 16.0 Å². The number of halogens is 1. The van der Waals surface area contributed by atoms with Gasteiger partial charge in [0.05, 0.1) is 0 Å². The Morgan fingerprint density at radius 1 is 1.27 bits per heavy atom. The Bertz CT molecular complexity index is 1150.